The van der Waals surface area contributed by atoms with Gasteiger partial charge >= 0.3 is 0 Å². The molecule has 36 heavy (non-hydrogen) atoms. The molecule has 2 aliphatic rings. The van der Waals surface area contributed by atoms with E-state index < -0.39 is 5.60 Å². The van der Waals surface area contributed by atoms with E-state index in [0.717, 1.165) is 56.2 Å². The van der Waals surface area contributed by atoms with Crippen molar-refractivity contribution in [3.05, 3.63) is 99.1 Å². The van der Waals surface area contributed by atoms with Crippen molar-refractivity contribution in [1.29, 1.82) is 0 Å². The van der Waals surface area contributed by atoms with Gasteiger partial charge in [0.25, 0.3) is 0 Å². The highest BCUT2D eigenvalue weighted by molar-refractivity contribution is 9.10. The average Bonchev–Trinajstić information content (AvgIpc) is 2.87. The Kier molecular flexibility index (Phi) is 9.09. The Morgan fingerprint density at radius 3 is 2.69 bits per heavy atom. The van der Waals surface area contributed by atoms with E-state index in [1.54, 1.807) is 0 Å². The summed E-state index contributed by atoms with van der Waals surface area (Å²) in [6.45, 7) is 13.3. The number of piperidine rings is 1. The molecule has 1 heterocycles. The van der Waals surface area contributed by atoms with E-state index in [1.807, 2.05) is 6.08 Å². The summed E-state index contributed by atoms with van der Waals surface area (Å²) in [5, 5.41) is 12.4. The lowest BCUT2D eigenvalue weighted by atomic mass is 9.69. The highest BCUT2D eigenvalue weighted by Gasteiger charge is 2.42. The van der Waals surface area contributed by atoms with Gasteiger partial charge in [-0.05, 0) is 91.3 Å². The molecule has 192 valence electrons. The highest BCUT2D eigenvalue weighted by atomic mass is 79.9. The van der Waals surface area contributed by atoms with Crippen LogP contribution in [-0.4, -0.2) is 35.2 Å². The van der Waals surface area contributed by atoms with Crippen LogP contribution in [0.3, 0.4) is 0 Å². The van der Waals surface area contributed by atoms with Crippen molar-refractivity contribution < 1.29 is 5.11 Å². The van der Waals surface area contributed by atoms with Crippen molar-refractivity contribution in [2.75, 3.05) is 19.6 Å². The summed E-state index contributed by atoms with van der Waals surface area (Å²) in [6.07, 6.45) is 12.4. The summed E-state index contributed by atoms with van der Waals surface area (Å²) in [7, 11) is 0. The zero-order valence-electron chi connectivity index (χ0n) is 22.3. The molecule has 1 fully saturated rings. The molecule has 2 atom stereocenters. The highest BCUT2D eigenvalue weighted by Crippen LogP contribution is 2.46. The molecule has 0 saturated carbocycles. The van der Waals surface area contributed by atoms with Gasteiger partial charge in [0.15, 0.2) is 0 Å². The number of rotatable bonds is 7. The third kappa shape index (κ3) is 6.13. The second-order valence-electron chi connectivity index (χ2n) is 10.8. The van der Waals surface area contributed by atoms with E-state index >= 15 is 0 Å². The van der Waals surface area contributed by atoms with Crippen molar-refractivity contribution in [1.82, 2.24) is 4.90 Å². The first kappa shape index (κ1) is 27.1. The predicted molar refractivity (Wildman–Crippen MR) is 158 cm³/mol. The number of benzene rings is 2. The largest absolute Gasteiger partial charge is 0.389 e. The molecular formula is C33H42BrNO. The van der Waals surface area contributed by atoms with Crippen molar-refractivity contribution in [2.45, 2.75) is 76.7 Å². The fourth-order valence-corrected chi connectivity index (χ4v) is 6.55. The summed E-state index contributed by atoms with van der Waals surface area (Å²) >= 11 is 3.71. The van der Waals surface area contributed by atoms with Gasteiger partial charge in [-0.15, -0.1) is 0 Å². The number of allylic oxidation sites excluding steroid dienone is 1. The minimum atomic E-state index is -0.754. The summed E-state index contributed by atoms with van der Waals surface area (Å²) in [5.41, 5.74) is 7.20. The van der Waals surface area contributed by atoms with E-state index in [-0.39, 0.29) is 5.92 Å². The van der Waals surface area contributed by atoms with Gasteiger partial charge in [0, 0.05) is 30.0 Å². The monoisotopic (exact) mass is 547 g/mol. The number of hydrogen-bond donors (Lipinski definition) is 1. The van der Waals surface area contributed by atoms with Crippen LogP contribution in [0, 0.1) is 0 Å². The van der Waals surface area contributed by atoms with E-state index in [9.17, 15) is 5.11 Å². The first-order valence-electron chi connectivity index (χ1n) is 13.7. The maximum absolute atomic E-state index is 12.4. The third-order valence-corrected chi connectivity index (χ3v) is 8.88. The van der Waals surface area contributed by atoms with Crippen molar-refractivity contribution in [2.24, 2.45) is 0 Å². The number of halogens is 1. The molecule has 1 N–H and O–H groups in total. The second-order valence-corrected chi connectivity index (χ2v) is 11.7. The lowest BCUT2D eigenvalue weighted by Crippen LogP contribution is -2.48. The van der Waals surface area contributed by atoms with Crippen LogP contribution in [0.1, 0.15) is 87.0 Å². The van der Waals surface area contributed by atoms with Crippen LogP contribution in [0.4, 0.5) is 0 Å². The minimum Gasteiger partial charge on any atom is -0.389 e. The Labute approximate surface area is 226 Å². The first-order chi connectivity index (χ1) is 17.4. The van der Waals surface area contributed by atoms with Crippen LogP contribution < -0.4 is 0 Å². The van der Waals surface area contributed by atoms with Gasteiger partial charge in [-0.25, -0.2) is 0 Å². The molecule has 2 nitrogen and oxygen atoms in total. The maximum Gasteiger partial charge on any atom is 0.0777 e. The zero-order chi connectivity index (χ0) is 25.7. The summed E-state index contributed by atoms with van der Waals surface area (Å²) < 4.78 is 1.11. The minimum absolute atomic E-state index is 0.00646. The molecule has 0 aromatic heterocycles. The molecule has 1 saturated heterocycles. The Morgan fingerprint density at radius 1 is 1.22 bits per heavy atom. The topological polar surface area (TPSA) is 23.5 Å². The molecule has 1 aliphatic heterocycles. The van der Waals surface area contributed by atoms with Crippen molar-refractivity contribution in [3.63, 3.8) is 0 Å². The van der Waals surface area contributed by atoms with E-state index in [2.05, 4.69) is 103 Å². The van der Waals surface area contributed by atoms with Crippen LogP contribution in [0.25, 0.3) is 6.08 Å². The fourth-order valence-electron chi connectivity index (χ4n) is 6.17. The molecule has 0 radical (unpaired) electrons. The van der Waals surface area contributed by atoms with Gasteiger partial charge in [0.05, 0.1) is 5.60 Å². The standard InChI is InChI=1S/C33H42BrNO/c1-5-25(6-2)23-35-18-16-33(36,17-19-35)32(27-13-9-11-26(7-3)20-27)28-12-8-10-24(4)31-15-14-30(34)22-29(31)21-28/h5-6,9,11,13-15,20-22,24,32,36H,1,7-8,10,12,16-19,23H2,2-4H3. The van der Waals surface area contributed by atoms with Crippen molar-refractivity contribution in [3.8, 4) is 0 Å². The van der Waals surface area contributed by atoms with Crippen LogP contribution in [0.15, 0.2) is 76.8 Å². The third-order valence-electron chi connectivity index (χ3n) is 8.39. The summed E-state index contributed by atoms with van der Waals surface area (Å²) in [6, 6.07) is 15.7. The van der Waals surface area contributed by atoms with Gasteiger partial charge in [-0.2, -0.15) is 0 Å². The van der Waals surface area contributed by atoms with E-state index in [0.29, 0.717) is 5.92 Å². The molecule has 2 unspecified atom stereocenters. The molecule has 2 aromatic rings. The van der Waals surface area contributed by atoms with Gasteiger partial charge in [-0.1, -0.05) is 90.5 Å². The van der Waals surface area contributed by atoms with Gasteiger partial charge in [0.1, 0.15) is 0 Å². The quantitative estimate of drug-likeness (QED) is 0.351. The van der Waals surface area contributed by atoms with Gasteiger partial charge in [0.2, 0.25) is 0 Å². The maximum atomic E-state index is 12.4. The molecule has 2 aromatic carbocycles. The lowest BCUT2D eigenvalue weighted by molar-refractivity contribution is -0.0333. The number of aliphatic hydroxyl groups is 1. The smallest absolute Gasteiger partial charge is 0.0777 e. The molecule has 0 bridgehead atoms. The normalized spacial score (nSPS) is 21.6. The number of aryl methyl sites for hydroxylation is 1. The van der Waals surface area contributed by atoms with Crippen LogP contribution in [0.2, 0.25) is 0 Å². The molecule has 4 rings (SSSR count). The number of hydrogen-bond acceptors (Lipinski definition) is 2. The second kappa shape index (κ2) is 12.1. The molecular weight excluding hydrogens is 506 g/mol. The SMILES string of the molecule is C=CC(=CC)CN1CCC(O)(C(C2=Cc3cc(Br)ccc3C(C)CCC2)c2cccc(CC)c2)CC1. The van der Waals surface area contributed by atoms with Gasteiger partial charge in [-0.3, -0.25) is 4.90 Å². The average molecular weight is 549 g/mol. The summed E-state index contributed by atoms with van der Waals surface area (Å²) in [5.74, 6) is 0.553. The summed E-state index contributed by atoms with van der Waals surface area (Å²) in [4.78, 5) is 2.46. The molecule has 3 heteroatoms. The predicted octanol–water partition coefficient (Wildman–Crippen LogP) is 8.43. The zero-order valence-corrected chi connectivity index (χ0v) is 23.9. The molecule has 0 amide bonds. The molecule has 1 aliphatic carbocycles. The fraction of sp³-hybridized carbons (Fsp3) is 0.455. The molecule has 0 spiro atoms. The van der Waals surface area contributed by atoms with Crippen molar-refractivity contribution >= 4 is 22.0 Å². The van der Waals surface area contributed by atoms with Crippen LogP contribution in [0.5, 0.6) is 0 Å². The Bertz CT molecular complexity index is 1120. The number of likely N-dealkylation sites (tertiary alicyclic amines) is 1. The first-order valence-corrected chi connectivity index (χ1v) is 14.5. The number of nitrogens with zero attached hydrogens (tertiary/aromatic N) is 1. The van der Waals surface area contributed by atoms with Gasteiger partial charge < -0.3 is 5.11 Å². The lowest BCUT2D eigenvalue weighted by Gasteiger charge is -2.45. The van der Waals surface area contributed by atoms with Crippen LogP contribution >= 0.6 is 15.9 Å². The Morgan fingerprint density at radius 2 is 2.00 bits per heavy atom. The Hall–Kier alpha value is -1.94. The van der Waals surface area contributed by atoms with E-state index in [1.165, 1.54) is 39.8 Å². The van der Waals surface area contributed by atoms with E-state index in [4.69, 9.17) is 0 Å². The Balaban J connectivity index is 1.74. The number of fused-ring (bicyclic) bond motifs is 1. The van der Waals surface area contributed by atoms with Crippen LogP contribution in [-0.2, 0) is 6.42 Å².